The zero-order valence-corrected chi connectivity index (χ0v) is 11.7. The van der Waals surface area contributed by atoms with Crippen LogP contribution in [0.1, 0.15) is 25.7 Å². The summed E-state index contributed by atoms with van der Waals surface area (Å²) >= 11 is 0. The lowest BCUT2D eigenvalue weighted by molar-refractivity contribution is -0.0897. The SMILES string of the molecule is O=S1(=O)CCN(CCOCOC2CCCC2)CC1. The number of sulfone groups is 1. The van der Waals surface area contributed by atoms with E-state index in [1.807, 2.05) is 0 Å². The van der Waals surface area contributed by atoms with E-state index < -0.39 is 9.84 Å². The summed E-state index contributed by atoms with van der Waals surface area (Å²) in [6.45, 7) is 3.05. The van der Waals surface area contributed by atoms with Gasteiger partial charge in [0.05, 0.1) is 24.2 Å². The molecule has 1 saturated carbocycles. The summed E-state index contributed by atoms with van der Waals surface area (Å²) in [5.74, 6) is 0.567. The Labute approximate surface area is 109 Å². The van der Waals surface area contributed by atoms with Gasteiger partial charge in [0.1, 0.15) is 6.79 Å². The molecular weight excluding hydrogens is 254 g/mol. The molecule has 0 atom stereocenters. The molecule has 0 radical (unpaired) electrons. The van der Waals surface area contributed by atoms with Crippen LogP contribution in [0.5, 0.6) is 0 Å². The van der Waals surface area contributed by atoms with Crippen LogP contribution in [0.25, 0.3) is 0 Å². The van der Waals surface area contributed by atoms with E-state index in [1.54, 1.807) is 0 Å². The first kappa shape index (κ1) is 14.2. The summed E-state index contributed by atoms with van der Waals surface area (Å²) in [7, 11) is -2.77. The quantitative estimate of drug-likeness (QED) is 0.527. The van der Waals surface area contributed by atoms with Gasteiger partial charge < -0.3 is 9.47 Å². The summed E-state index contributed by atoms with van der Waals surface area (Å²) < 4.78 is 33.5. The highest BCUT2D eigenvalue weighted by molar-refractivity contribution is 7.91. The lowest BCUT2D eigenvalue weighted by Gasteiger charge is -2.26. The Morgan fingerprint density at radius 3 is 2.44 bits per heavy atom. The monoisotopic (exact) mass is 277 g/mol. The maximum absolute atomic E-state index is 11.2. The zero-order chi connectivity index (χ0) is 12.8. The smallest absolute Gasteiger partial charge is 0.152 e. The van der Waals surface area contributed by atoms with Gasteiger partial charge in [-0.15, -0.1) is 0 Å². The Balaban J connectivity index is 1.48. The van der Waals surface area contributed by atoms with Gasteiger partial charge in [-0.05, 0) is 12.8 Å². The fourth-order valence-electron chi connectivity index (χ4n) is 2.43. The molecule has 1 aliphatic carbocycles. The molecule has 5 nitrogen and oxygen atoms in total. The van der Waals surface area contributed by atoms with E-state index in [2.05, 4.69) is 4.90 Å². The summed E-state index contributed by atoms with van der Waals surface area (Å²) in [4.78, 5) is 2.14. The first-order valence-corrected chi connectivity index (χ1v) is 8.60. The Morgan fingerprint density at radius 2 is 1.78 bits per heavy atom. The standard InChI is InChI=1S/C12H23NO4S/c14-18(15)9-6-13(7-10-18)5-8-16-11-17-12-3-1-2-4-12/h12H,1-11H2. The van der Waals surface area contributed by atoms with Crippen LogP contribution < -0.4 is 0 Å². The number of rotatable bonds is 6. The number of hydrogen-bond acceptors (Lipinski definition) is 5. The van der Waals surface area contributed by atoms with E-state index in [0.29, 0.717) is 32.6 Å². The second-order valence-corrected chi connectivity index (χ2v) is 7.40. The largest absolute Gasteiger partial charge is 0.354 e. The fourth-order valence-corrected chi connectivity index (χ4v) is 3.70. The van der Waals surface area contributed by atoms with Crippen molar-refractivity contribution in [2.45, 2.75) is 31.8 Å². The third kappa shape index (κ3) is 4.84. The van der Waals surface area contributed by atoms with Crippen LogP contribution in [0.4, 0.5) is 0 Å². The molecule has 0 N–H and O–H groups in total. The molecule has 2 fully saturated rings. The van der Waals surface area contributed by atoms with Crippen molar-refractivity contribution in [3.63, 3.8) is 0 Å². The first-order valence-electron chi connectivity index (χ1n) is 6.78. The van der Waals surface area contributed by atoms with Crippen LogP contribution in [0.2, 0.25) is 0 Å². The van der Waals surface area contributed by atoms with Crippen molar-refractivity contribution >= 4 is 9.84 Å². The third-order valence-corrected chi connectivity index (χ3v) is 5.29. The molecule has 0 spiro atoms. The Morgan fingerprint density at radius 1 is 1.11 bits per heavy atom. The number of hydrogen-bond donors (Lipinski definition) is 0. The highest BCUT2D eigenvalue weighted by Gasteiger charge is 2.21. The Kier molecular flexibility index (Phi) is 5.41. The van der Waals surface area contributed by atoms with Crippen molar-refractivity contribution in [3.8, 4) is 0 Å². The van der Waals surface area contributed by atoms with Gasteiger partial charge >= 0.3 is 0 Å². The molecule has 0 aromatic heterocycles. The Hall–Kier alpha value is -0.170. The normalized spacial score (nSPS) is 25.6. The van der Waals surface area contributed by atoms with E-state index in [4.69, 9.17) is 9.47 Å². The molecule has 1 heterocycles. The third-order valence-electron chi connectivity index (χ3n) is 3.68. The van der Waals surface area contributed by atoms with E-state index in [1.165, 1.54) is 12.8 Å². The second kappa shape index (κ2) is 6.84. The summed E-state index contributed by atoms with van der Waals surface area (Å²) in [5, 5.41) is 0. The van der Waals surface area contributed by atoms with Gasteiger partial charge in [-0.25, -0.2) is 8.42 Å². The van der Waals surface area contributed by atoms with Crippen LogP contribution in [-0.2, 0) is 19.3 Å². The average molecular weight is 277 g/mol. The van der Waals surface area contributed by atoms with Crippen LogP contribution in [0.3, 0.4) is 0 Å². The van der Waals surface area contributed by atoms with Gasteiger partial charge in [-0.2, -0.15) is 0 Å². The molecule has 1 saturated heterocycles. The summed E-state index contributed by atoms with van der Waals surface area (Å²) in [5.41, 5.74) is 0. The summed E-state index contributed by atoms with van der Waals surface area (Å²) in [6, 6.07) is 0. The van der Waals surface area contributed by atoms with Gasteiger partial charge in [0, 0.05) is 19.6 Å². The van der Waals surface area contributed by atoms with Crippen LogP contribution in [0, 0.1) is 0 Å². The maximum atomic E-state index is 11.2. The molecule has 0 aromatic rings. The van der Waals surface area contributed by atoms with Gasteiger partial charge in [0.2, 0.25) is 0 Å². The highest BCUT2D eigenvalue weighted by Crippen LogP contribution is 2.20. The lowest BCUT2D eigenvalue weighted by Crippen LogP contribution is -2.41. The second-order valence-electron chi connectivity index (χ2n) is 5.09. The van der Waals surface area contributed by atoms with Crippen molar-refractivity contribution in [1.29, 1.82) is 0 Å². The molecular formula is C12H23NO4S. The molecule has 0 amide bonds. The van der Waals surface area contributed by atoms with Gasteiger partial charge in [-0.3, -0.25) is 4.90 Å². The molecule has 0 aromatic carbocycles. The van der Waals surface area contributed by atoms with Crippen molar-refractivity contribution < 1.29 is 17.9 Å². The Bertz CT molecular complexity index is 324. The van der Waals surface area contributed by atoms with Crippen LogP contribution in [-0.4, -0.2) is 64.0 Å². The average Bonchev–Trinajstić information content (AvgIpc) is 2.84. The molecule has 6 heteroatoms. The maximum Gasteiger partial charge on any atom is 0.152 e. The van der Waals surface area contributed by atoms with Crippen molar-refractivity contribution in [2.75, 3.05) is 44.5 Å². The van der Waals surface area contributed by atoms with E-state index in [9.17, 15) is 8.42 Å². The van der Waals surface area contributed by atoms with E-state index >= 15 is 0 Å². The van der Waals surface area contributed by atoms with E-state index in [-0.39, 0.29) is 11.5 Å². The zero-order valence-electron chi connectivity index (χ0n) is 10.8. The van der Waals surface area contributed by atoms with Gasteiger partial charge in [0.15, 0.2) is 9.84 Å². The number of ether oxygens (including phenoxy) is 2. The van der Waals surface area contributed by atoms with Gasteiger partial charge in [-0.1, -0.05) is 12.8 Å². The highest BCUT2D eigenvalue weighted by atomic mass is 32.2. The molecule has 0 bridgehead atoms. The summed E-state index contributed by atoms with van der Waals surface area (Å²) in [6.07, 6.45) is 5.26. The van der Waals surface area contributed by atoms with Crippen molar-refractivity contribution in [3.05, 3.63) is 0 Å². The predicted octanol–water partition coefficient (Wildman–Crippen LogP) is 0.650. The van der Waals surface area contributed by atoms with Crippen LogP contribution in [0.15, 0.2) is 0 Å². The predicted molar refractivity (Wildman–Crippen MR) is 69.3 cm³/mol. The molecule has 2 aliphatic rings. The molecule has 1 aliphatic heterocycles. The van der Waals surface area contributed by atoms with Crippen LogP contribution >= 0.6 is 0 Å². The van der Waals surface area contributed by atoms with E-state index in [0.717, 1.165) is 19.4 Å². The fraction of sp³-hybridized carbons (Fsp3) is 1.00. The topological polar surface area (TPSA) is 55.8 Å². The minimum absolute atomic E-state index is 0.283. The van der Waals surface area contributed by atoms with Gasteiger partial charge in [0.25, 0.3) is 0 Å². The van der Waals surface area contributed by atoms with Crippen molar-refractivity contribution in [1.82, 2.24) is 4.90 Å². The first-order chi connectivity index (χ1) is 8.66. The minimum Gasteiger partial charge on any atom is -0.354 e. The lowest BCUT2D eigenvalue weighted by atomic mass is 10.3. The molecule has 106 valence electrons. The minimum atomic E-state index is -2.77. The molecule has 18 heavy (non-hydrogen) atoms. The van der Waals surface area contributed by atoms with Crippen molar-refractivity contribution in [2.24, 2.45) is 0 Å². The molecule has 2 rings (SSSR count). The number of nitrogens with zero attached hydrogens (tertiary/aromatic N) is 1. The molecule has 0 unspecified atom stereocenters.